The van der Waals surface area contributed by atoms with Gasteiger partial charge in [0.05, 0.1) is 19.7 Å². The number of ether oxygens (including phenoxy) is 2. The van der Waals surface area contributed by atoms with E-state index in [4.69, 9.17) is 9.47 Å². The molecule has 0 aliphatic carbocycles. The van der Waals surface area contributed by atoms with Gasteiger partial charge in [-0.25, -0.2) is 8.42 Å². The largest absolute Gasteiger partial charge is 0.497 e. The van der Waals surface area contributed by atoms with Gasteiger partial charge in [-0.15, -0.1) is 0 Å². The molecule has 9 heteroatoms. The Morgan fingerprint density at radius 1 is 1.10 bits per heavy atom. The van der Waals surface area contributed by atoms with E-state index in [2.05, 4.69) is 10.3 Å². The van der Waals surface area contributed by atoms with Crippen molar-refractivity contribution in [1.82, 2.24) is 9.29 Å². The van der Waals surface area contributed by atoms with Crippen molar-refractivity contribution in [2.45, 2.75) is 23.8 Å². The summed E-state index contributed by atoms with van der Waals surface area (Å²) in [6.45, 7) is 0.269. The molecule has 1 amide bonds. The first-order chi connectivity index (χ1) is 14.9. The fourth-order valence-electron chi connectivity index (χ4n) is 3.81. The number of carbonyl (C=O) groups excluding carboxylic acids is 1. The molecule has 3 aromatic rings. The molecule has 2 heterocycles. The number of nitrogens with one attached hydrogen (secondary N) is 1. The molecular weight excluding hydrogens is 418 g/mol. The van der Waals surface area contributed by atoms with Crippen LogP contribution in [0.4, 0.5) is 5.69 Å². The van der Waals surface area contributed by atoms with Crippen LogP contribution < -0.4 is 14.8 Å². The summed E-state index contributed by atoms with van der Waals surface area (Å²) in [6.07, 6.45) is 2.59. The number of nitrogens with zero attached hydrogens (tertiary/aromatic N) is 2. The second-order valence-corrected chi connectivity index (χ2v) is 9.05. The molecule has 8 nitrogen and oxygen atoms in total. The Bertz CT molecular complexity index is 1200. The quantitative estimate of drug-likeness (QED) is 0.631. The summed E-state index contributed by atoms with van der Waals surface area (Å²) in [6, 6.07) is 12.8. The summed E-state index contributed by atoms with van der Waals surface area (Å²) < 4.78 is 38.7. The van der Waals surface area contributed by atoms with Crippen molar-refractivity contribution >= 4 is 32.5 Å². The zero-order valence-electron chi connectivity index (χ0n) is 17.2. The van der Waals surface area contributed by atoms with Crippen LogP contribution in [-0.2, 0) is 14.8 Å². The second-order valence-electron chi connectivity index (χ2n) is 7.20. The van der Waals surface area contributed by atoms with Gasteiger partial charge in [0, 0.05) is 42.0 Å². The third-order valence-electron chi connectivity index (χ3n) is 5.31. The summed E-state index contributed by atoms with van der Waals surface area (Å²) in [5.41, 5.74) is 0.867. The van der Waals surface area contributed by atoms with Crippen molar-refractivity contribution < 1.29 is 22.7 Å². The van der Waals surface area contributed by atoms with E-state index in [1.807, 2.05) is 12.1 Å². The Balaban J connectivity index is 1.64. The number of aromatic nitrogens is 1. The fraction of sp³-hybridized carbons (Fsp3) is 0.273. The molecule has 0 spiro atoms. The molecule has 1 aliphatic rings. The van der Waals surface area contributed by atoms with E-state index >= 15 is 0 Å². The molecule has 31 heavy (non-hydrogen) atoms. The van der Waals surface area contributed by atoms with Crippen LogP contribution in [0, 0.1) is 0 Å². The number of amides is 1. The van der Waals surface area contributed by atoms with Gasteiger partial charge in [-0.2, -0.15) is 4.31 Å². The Kier molecular flexibility index (Phi) is 5.79. The molecule has 0 unspecified atom stereocenters. The molecule has 1 fully saturated rings. The number of fused-ring (bicyclic) bond motifs is 1. The van der Waals surface area contributed by atoms with Gasteiger partial charge in [0.2, 0.25) is 15.9 Å². The first-order valence-electron chi connectivity index (χ1n) is 9.83. The van der Waals surface area contributed by atoms with Crippen molar-refractivity contribution in [3.63, 3.8) is 0 Å². The zero-order chi connectivity index (χ0) is 22.0. The van der Waals surface area contributed by atoms with E-state index in [0.29, 0.717) is 35.5 Å². The van der Waals surface area contributed by atoms with E-state index < -0.39 is 22.0 Å². The SMILES string of the molecule is COc1cc(NC(=O)[C@H]2CCCN2S(=O)(=O)c2cccc3cccnc23)cc(OC)c1. The van der Waals surface area contributed by atoms with Crippen molar-refractivity contribution in [3.8, 4) is 11.5 Å². The van der Waals surface area contributed by atoms with Crippen LogP contribution in [0.15, 0.2) is 59.6 Å². The van der Waals surface area contributed by atoms with Crippen LogP contribution in [-0.4, -0.2) is 50.4 Å². The molecule has 1 N–H and O–H groups in total. The summed E-state index contributed by atoms with van der Waals surface area (Å²) in [5, 5.41) is 3.53. The van der Waals surface area contributed by atoms with Crippen LogP contribution in [0.5, 0.6) is 11.5 Å². The Morgan fingerprint density at radius 3 is 2.52 bits per heavy atom. The maximum absolute atomic E-state index is 13.5. The lowest BCUT2D eigenvalue weighted by molar-refractivity contribution is -0.119. The summed E-state index contributed by atoms with van der Waals surface area (Å²) in [7, 11) is -0.881. The molecule has 1 atom stereocenters. The number of hydrogen-bond donors (Lipinski definition) is 1. The third-order valence-corrected chi connectivity index (χ3v) is 7.25. The predicted molar refractivity (Wildman–Crippen MR) is 117 cm³/mol. The highest BCUT2D eigenvalue weighted by Crippen LogP contribution is 2.31. The lowest BCUT2D eigenvalue weighted by Gasteiger charge is -2.24. The molecular formula is C22H23N3O5S. The normalized spacial score (nSPS) is 16.9. The molecule has 2 aromatic carbocycles. The van der Waals surface area contributed by atoms with Crippen molar-refractivity contribution in [2.75, 3.05) is 26.1 Å². The van der Waals surface area contributed by atoms with Gasteiger partial charge in [-0.3, -0.25) is 9.78 Å². The smallest absolute Gasteiger partial charge is 0.245 e. The molecule has 1 aromatic heterocycles. The lowest BCUT2D eigenvalue weighted by atomic mass is 10.2. The number of benzene rings is 2. The van der Waals surface area contributed by atoms with Gasteiger partial charge in [0.1, 0.15) is 22.4 Å². The topological polar surface area (TPSA) is 97.8 Å². The number of sulfonamides is 1. The minimum Gasteiger partial charge on any atom is -0.497 e. The molecule has 1 saturated heterocycles. The van der Waals surface area contributed by atoms with Crippen LogP contribution >= 0.6 is 0 Å². The highest BCUT2D eigenvalue weighted by atomic mass is 32.2. The number of carbonyl (C=O) groups is 1. The van der Waals surface area contributed by atoms with E-state index in [-0.39, 0.29) is 11.4 Å². The zero-order valence-corrected chi connectivity index (χ0v) is 18.1. The summed E-state index contributed by atoms with van der Waals surface area (Å²) in [4.78, 5) is 17.4. The third kappa shape index (κ3) is 4.06. The van der Waals surface area contributed by atoms with Gasteiger partial charge in [-0.1, -0.05) is 18.2 Å². The number of hydrogen-bond acceptors (Lipinski definition) is 6. The average molecular weight is 442 g/mol. The Hall–Kier alpha value is -3.17. The summed E-state index contributed by atoms with van der Waals surface area (Å²) >= 11 is 0. The van der Waals surface area contributed by atoms with Crippen LogP contribution in [0.2, 0.25) is 0 Å². The standard InChI is InChI=1S/C22H23N3O5S/c1-29-17-12-16(13-18(14-17)30-2)24-22(26)19-8-5-11-25(19)31(27,28)20-9-3-6-15-7-4-10-23-21(15)20/h3-4,6-7,9-10,12-14,19H,5,8,11H2,1-2H3,(H,24,26)/t19-/m1/s1. The number of rotatable bonds is 6. The van der Waals surface area contributed by atoms with E-state index in [9.17, 15) is 13.2 Å². The van der Waals surface area contributed by atoms with Crippen molar-refractivity contribution in [3.05, 3.63) is 54.7 Å². The molecule has 0 radical (unpaired) electrons. The molecule has 0 saturated carbocycles. The number of para-hydroxylation sites is 1. The van der Waals surface area contributed by atoms with E-state index in [1.54, 1.807) is 36.5 Å². The lowest BCUT2D eigenvalue weighted by Crippen LogP contribution is -2.43. The highest BCUT2D eigenvalue weighted by molar-refractivity contribution is 7.89. The van der Waals surface area contributed by atoms with E-state index in [1.165, 1.54) is 24.6 Å². The summed E-state index contributed by atoms with van der Waals surface area (Å²) in [5.74, 6) is 0.643. The van der Waals surface area contributed by atoms with E-state index in [0.717, 1.165) is 5.39 Å². The van der Waals surface area contributed by atoms with Crippen molar-refractivity contribution in [1.29, 1.82) is 0 Å². The second kappa shape index (κ2) is 8.52. The van der Waals surface area contributed by atoms with Crippen LogP contribution in [0.3, 0.4) is 0 Å². The van der Waals surface area contributed by atoms with Crippen LogP contribution in [0.1, 0.15) is 12.8 Å². The first-order valence-corrected chi connectivity index (χ1v) is 11.3. The van der Waals surface area contributed by atoms with Gasteiger partial charge >= 0.3 is 0 Å². The monoisotopic (exact) mass is 441 g/mol. The molecule has 0 bridgehead atoms. The first kappa shape index (κ1) is 21.1. The molecule has 1 aliphatic heterocycles. The Morgan fingerprint density at radius 2 is 1.81 bits per heavy atom. The number of pyridine rings is 1. The maximum atomic E-state index is 13.5. The van der Waals surface area contributed by atoms with Gasteiger partial charge < -0.3 is 14.8 Å². The maximum Gasteiger partial charge on any atom is 0.245 e. The van der Waals surface area contributed by atoms with Gasteiger partial charge in [0.25, 0.3) is 0 Å². The fourth-order valence-corrected chi connectivity index (χ4v) is 5.63. The minimum atomic E-state index is -3.92. The van der Waals surface area contributed by atoms with Crippen LogP contribution in [0.25, 0.3) is 10.9 Å². The predicted octanol–water partition coefficient (Wildman–Crippen LogP) is 3.04. The number of anilines is 1. The minimum absolute atomic E-state index is 0.105. The average Bonchev–Trinajstić information content (AvgIpc) is 3.29. The van der Waals surface area contributed by atoms with Gasteiger partial charge in [-0.05, 0) is 25.0 Å². The van der Waals surface area contributed by atoms with Gasteiger partial charge in [0.15, 0.2) is 0 Å². The molecule has 4 rings (SSSR count). The number of methoxy groups -OCH3 is 2. The molecule has 162 valence electrons. The van der Waals surface area contributed by atoms with Crippen molar-refractivity contribution in [2.24, 2.45) is 0 Å². The Labute approximate surface area is 180 Å². The highest BCUT2D eigenvalue weighted by Gasteiger charge is 2.40.